The molecule has 1 aliphatic heterocycles. The average molecular weight is 235 g/mol. The predicted molar refractivity (Wildman–Crippen MR) is 70.4 cm³/mol. The standard InChI is InChI=1S/C14H21NS/c1-10-12-8-14(4-6-15(3)7-5-14)9-13(12)11(2)16-10/h4-9H2,1-3H3. The number of fused-ring (bicyclic) bond motifs is 1. The van der Waals surface area contributed by atoms with Crippen molar-refractivity contribution in [1.82, 2.24) is 4.90 Å². The summed E-state index contributed by atoms with van der Waals surface area (Å²) in [5.41, 5.74) is 4.07. The van der Waals surface area contributed by atoms with Crippen molar-refractivity contribution < 1.29 is 0 Å². The molecule has 2 heteroatoms. The van der Waals surface area contributed by atoms with E-state index >= 15 is 0 Å². The second kappa shape index (κ2) is 3.58. The van der Waals surface area contributed by atoms with Crippen molar-refractivity contribution in [2.45, 2.75) is 39.5 Å². The molecule has 0 atom stereocenters. The molecule has 2 aliphatic rings. The number of likely N-dealkylation sites (tertiary alicyclic amines) is 1. The second-order valence-corrected chi connectivity index (χ2v) is 7.26. The molecule has 1 spiro atoms. The van der Waals surface area contributed by atoms with Gasteiger partial charge in [-0.3, -0.25) is 0 Å². The van der Waals surface area contributed by atoms with E-state index in [9.17, 15) is 0 Å². The summed E-state index contributed by atoms with van der Waals surface area (Å²) in [6.45, 7) is 7.21. The quantitative estimate of drug-likeness (QED) is 0.667. The molecule has 1 aliphatic carbocycles. The van der Waals surface area contributed by atoms with E-state index in [4.69, 9.17) is 0 Å². The van der Waals surface area contributed by atoms with Crippen LogP contribution in [0.25, 0.3) is 0 Å². The van der Waals surface area contributed by atoms with E-state index in [1.807, 2.05) is 11.3 Å². The van der Waals surface area contributed by atoms with Crippen molar-refractivity contribution in [2.24, 2.45) is 5.41 Å². The molecule has 16 heavy (non-hydrogen) atoms. The molecule has 1 fully saturated rings. The lowest BCUT2D eigenvalue weighted by Gasteiger charge is -2.38. The first kappa shape index (κ1) is 10.8. The summed E-state index contributed by atoms with van der Waals surface area (Å²) in [5.74, 6) is 0. The molecule has 1 aromatic rings. The SMILES string of the molecule is Cc1sc(C)c2c1CC1(CCN(C)CC1)C2. The Bertz CT molecular complexity index is 382. The second-order valence-electron chi connectivity index (χ2n) is 5.83. The van der Waals surface area contributed by atoms with E-state index in [-0.39, 0.29) is 0 Å². The first-order chi connectivity index (χ1) is 7.60. The number of rotatable bonds is 0. The lowest BCUT2D eigenvalue weighted by Crippen LogP contribution is -2.38. The summed E-state index contributed by atoms with van der Waals surface area (Å²) in [5, 5.41) is 0. The predicted octanol–water partition coefficient (Wildman–Crippen LogP) is 3.18. The summed E-state index contributed by atoms with van der Waals surface area (Å²) in [4.78, 5) is 5.66. The minimum Gasteiger partial charge on any atom is -0.306 e. The summed E-state index contributed by atoms with van der Waals surface area (Å²) >= 11 is 2.01. The fraction of sp³-hybridized carbons (Fsp3) is 0.714. The van der Waals surface area contributed by atoms with E-state index in [0.29, 0.717) is 5.41 Å². The summed E-state index contributed by atoms with van der Waals surface area (Å²) in [6, 6.07) is 0. The van der Waals surface area contributed by atoms with Crippen molar-refractivity contribution in [3.8, 4) is 0 Å². The normalized spacial score (nSPS) is 23.9. The molecule has 3 rings (SSSR count). The van der Waals surface area contributed by atoms with Crippen LogP contribution in [-0.2, 0) is 12.8 Å². The third kappa shape index (κ3) is 1.54. The number of nitrogens with zero attached hydrogens (tertiary/aromatic N) is 1. The smallest absolute Gasteiger partial charge is 0.00521 e. The Hall–Kier alpha value is -0.340. The van der Waals surface area contributed by atoms with Crippen LogP contribution in [0.4, 0.5) is 0 Å². The summed E-state index contributed by atoms with van der Waals surface area (Å²) in [7, 11) is 2.26. The Kier molecular flexibility index (Phi) is 2.41. The van der Waals surface area contributed by atoms with Crippen LogP contribution in [0.5, 0.6) is 0 Å². The van der Waals surface area contributed by atoms with Gasteiger partial charge in [0, 0.05) is 9.75 Å². The number of aryl methyl sites for hydroxylation is 2. The molecule has 0 radical (unpaired) electrons. The van der Waals surface area contributed by atoms with E-state index in [1.165, 1.54) is 38.8 Å². The van der Waals surface area contributed by atoms with Gasteiger partial charge in [-0.15, -0.1) is 11.3 Å². The molecule has 0 aromatic carbocycles. The Morgan fingerprint density at radius 3 is 2.00 bits per heavy atom. The Balaban J connectivity index is 1.87. The molecular weight excluding hydrogens is 214 g/mol. The van der Waals surface area contributed by atoms with Gasteiger partial charge in [-0.05, 0) is 76.2 Å². The van der Waals surface area contributed by atoms with Crippen molar-refractivity contribution in [2.75, 3.05) is 20.1 Å². The van der Waals surface area contributed by atoms with Gasteiger partial charge in [0.05, 0.1) is 0 Å². The minimum absolute atomic E-state index is 0.640. The highest BCUT2D eigenvalue weighted by Gasteiger charge is 2.41. The van der Waals surface area contributed by atoms with E-state index in [2.05, 4.69) is 25.8 Å². The molecular formula is C14H21NS. The fourth-order valence-corrected chi connectivity index (χ4v) is 4.60. The molecule has 1 saturated heterocycles. The maximum Gasteiger partial charge on any atom is 0.00521 e. The Morgan fingerprint density at radius 1 is 1.00 bits per heavy atom. The number of hydrogen-bond acceptors (Lipinski definition) is 2. The van der Waals surface area contributed by atoms with Gasteiger partial charge in [-0.25, -0.2) is 0 Å². The Labute approximate surface area is 102 Å². The van der Waals surface area contributed by atoms with Crippen molar-refractivity contribution in [3.05, 3.63) is 20.9 Å². The van der Waals surface area contributed by atoms with Crippen LogP contribution < -0.4 is 0 Å². The largest absolute Gasteiger partial charge is 0.306 e. The first-order valence-corrected chi connectivity index (χ1v) is 7.18. The zero-order valence-electron chi connectivity index (χ0n) is 10.6. The molecule has 0 saturated carbocycles. The van der Waals surface area contributed by atoms with Crippen LogP contribution in [0.2, 0.25) is 0 Å². The topological polar surface area (TPSA) is 3.24 Å². The van der Waals surface area contributed by atoms with Crippen LogP contribution >= 0.6 is 11.3 Å². The third-order valence-corrected chi connectivity index (χ3v) is 5.78. The average Bonchev–Trinajstić information content (AvgIpc) is 2.73. The van der Waals surface area contributed by atoms with Gasteiger partial charge in [-0.2, -0.15) is 0 Å². The Morgan fingerprint density at radius 2 is 1.50 bits per heavy atom. The molecule has 1 nitrogen and oxygen atoms in total. The highest BCUT2D eigenvalue weighted by Crippen LogP contribution is 2.48. The maximum absolute atomic E-state index is 2.48. The number of hydrogen-bond donors (Lipinski definition) is 0. The molecule has 0 N–H and O–H groups in total. The molecule has 0 unspecified atom stereocenters. The van der Waals surface area contributed by atoms with Gasteiger partial charge in [0.2, 0.25) is 0 Å². The van der Waals surface area contributed by atoms with Gasteiger partial charge in [-0.1, -0.05) is 0 Å². The van der Waals surface area contributed by atoms with E-state index < -0.39 is 0 Å². The highest BCUT2D eigenvalue weighted by molar-refractivity contribution is 7.12. The van der Waals surface area contributed by atoms with Gasteiger partial charge in [0.15, 0.2) is 0 Å². The van der Waals surface area contributed by atoms with Crippen LogP contribution in [0.15, 0.2) is 0 Å². The monoisotopic (exact) mass is 235 g/mol. The molecule has 1 aromatic heterocycles. The summed E-state index contributed by atoms with van der Waals surface area (Å²) < 4.78 is 0. The van der Waals surface area contributed by atoms with Crippen LogP contribution in [0.1, 0.15) is 33.7 Å². The van der Waals surface area contributed by atoms with Crippen molar-refractivity contribution in [1.29, 1.82) is 0 Å². The van der Waals surface area contributed by atoms with Gasteiger partial charge in [0.25, 0.3) is 0 Å². The van der Waals surface area contributed by atoms with Gasteiger partial charge >= 0.3 is 0 Å². The van der Waals surface area contributed by atoms with Crippen LogP contribution in [-0.4, -0.2) is 25.0 Å². The van der Waals surface area contributed by atoms with Crippen LogP contribution in [0.3, 0.4) is 0 Å². The minimum atomic E-state index is 0.640. The van der Waals surface area contributed by atoms with Crippen molar-refractivity contribution >= 4 is 11.3 Å². The van der Waals surface area contributed by atoms with E-state index in [0.717, 1.165) is 0 Å². The maximum atomic E-state index is 2.48. The van der Waals surface area contributed by atoms with Crippen molar-refractivity contribution in [3.63, 3.8) is 0 Å². The van der Waals surface area contributed by atoms with E-state index in [1.54, 1.807) is 20.9 Å². The first-order valence-electron chi connectivity index (χ1n) is 6.36. The number of thiophene rings is 1. The molecule has 88 valence electrons. The van der Waals surface area contributed by atoms with Gasteiger partial charge in [0.1, 0.15) is 0 Å². The third-order valence-electron chi connectivity index (χ3n) is 4.67. The highest BCUT2D eigenvalue weighted by atomic mass is 32.1. The van der Waals surface area contributed by atoms with Crippen LogP contribution in [0, 0.1) is 19.3 Å². The fourth-order valence-electron chi connectivity index (χ4n) is 3.50. The van der Waals surface area contributed by atoms with Gasteiger partial charge < -0.3 is 4.90 Å². The lowest BCUT2D eigenvalue weighted by atomic mass is 9.76. The lowest BCUT2D eigenvalue weighted by molar-refractivity contribution is 0.131. The zero-order chi connectivity index (χ0) is 11.3. The summed E-state index contributed by atoms with van der Waals surface area (Å²) in [6.07, 6.45) is 5.54. The molecule has 0 bridgehead atoms. The number of piperidine rings is 1. The molecule has 0 amide bonds. The molecule has 2 heterocycles. The zero-order valence-corrected chi connectivity index (χ0v) is 11.4.